The van der Waals surface area contributed by atoms with Crippen LogP contribution in [-0.4, -0.2) is 123 Å². The monoisotopic (exact) mass is 828 g/mol. The van der Waals surface area contributed by atoms with E-state index in [0.29, 0.717) is 28.4 Å². The first-order valence-electron chi connectivity index (χ1n) is 22.0. The van der Waals surface area contributed by atoms with Crippen molar-refractivity contribution in [1.82, 2.24) is 40.0 Å². The van der Waals surface area contributed by atoms with Gasteiger partial charge in [0.15, 0.2) is 5.69 Å². The molecule has 4 aromatic rings. The lowest BCUT2D eigenvalue weighted by Crippen LogP contribution is -2.54. The first-order valence-corrected chi connectivity index (χ1v) is 22.0. The van der Waals surface area contributed by atoms with Crippen molar-refractivity contribution in [1.29, 1.82) is 0 Å². The lowest BCUT2D eigenvalue weighted by Gasteiger charge is -2.37. The van der Waals surface area contributed by atoms with Crippen molar-refractivity contribution in [2.45, 2.75) is 83.7 Å². The smallest absolute Gasteiger partial charge is 0.276 e. The summed E-state index contributed by atoms with van der Waals surface area (Å²) in [6.45, 7) is 12.4. The summed E-state index contributed by atoms with van der Waals surface area (Å²) in [6, 6.07) is 14.9. The normalized spacial score (nSPS) is 21.6. The highest BCUT2D eigenvalue weighted by molar-refractivity contribution is 6.23. The summed E-state index contributed by atoms with van der Waals surface area (Å²) < 4.78 is 1.98. The highest BCUT2D eigenvalue weighted by Gasteiger charge is 2.45. The second-order valence-electron chi connectivity index (χ2n) is 18.3. The van der Waals surface area contributed by atoms with Gasteiger partial charge in [0.05, 0.1) is 29.1 Å². The van der Waals surface area contributed by atoms with E-state index in [9.17, 15) is 24.0 Å². The van der Waals surface area contributed by atoms with Gasteiger partial charge in [0, 0.05) is 75.4 Å². The molecule has 5 aliphatic rings. The van der Waals surface area contributed by atoms with Crippen LogP contribution in [0, 0.1) is 11.3 Å². The van der Waals surface area contributed by atoms with Crippen LogP contribution in [-0.2, 0) is 22.4 Å². The van der Waals surface area contributed by atoms with Crippen LogP contribution >= 0.6 is 0 Å². The van der Waals surface area contributed by atoms with Gasteiger partial charge in [-0.3, -0.25) is 44.0 Å². The van der Waals surface area contributed by atoms with Crippen LogP contribution in [0.25, 0.3) is 0 Å². The molecule has 3 saturated heterocycles. The van der Waals surface area contributed by atoms with E-state index in [0.717, 1.165) is 119 Å². The maximum atomic E-state index is 13.4. The standard InChI is InChI=1S/C46H56N10O5/c1-46(2)17-12-35-37(27-46)50-51-41(35)43(59)48-32-28-47-55(29-32)38(31-6-4-3-5-7-31)16-19-53-24-22-52(23-25-53)18-13-30-14-20-54(21-15-30)33-8-9-34-36(26-33)45(61)56(44(34)60)39-10-11-40(57)49-42(39)58/h3-9,26,28-30,38-39H,10-25,27H2,1-2H3,(H,48,59)(H,50,51)(H,49,57,58). The van der Waals surface area contributed by atoms with Crippen molar-refractivity contribution < 1.29 is 24.0 Å². The molecule has 2 aromatic heterocycles. The molecule has 15 heteroatoms. The van der Waals surface area contributed by atoms with Crippen molar-refractivity contribution in [2.75, 3.05) is 62.6 Å². The lowest BCUT2D eigenvalue weighted by molar-refractivity contribution is -0.136. The van der Waals surface area contributed by atoms with Crippen LogP contribution in [0.5, 0.6) is 0 Å². The predicted octanol–water partition coefficient (Wildman–Crippen LogP) is 4.68. The van der Waals surface area contributed by atoms with Crippen LogP contribution in [0.1, 0.15) is 113 Å². The molecule has 61 heavy (non-hydrogen) atoms. The molecule has 2 unspecified atom stereocenters. The maximum Gasteiger partial charge on any atom is 0.276 e. The predicted molar refractivity (Wildman–Crippen MR) is 229 cm³/mol. The largest absolute Gasteiger partial charge is 0.371 e. The fourth-order valence-corrected chi connectivity index (χ4v) is 9.97. The number of piperazine rings is 1. The number of nitrogens with zero attached hydrogens (tertiary/aromatic N) is 7. The zero-order valence-corrected chi connectivity index (χ0v) is 35.2. The Bertz CT molecular complexity index is 2300. The molecule has 3 N–H and O–H groups in total. The van der Waals surface area contributed by atoms with Gasteiger partial charge in [0.2, 0.25) is 11.8 Å². The molecule has 5 amide bonds. The van der Waals surface area contributed by atoms with Crippen molar-refractivity contribution >= 4 is 40.9 Å². The summed E-state index contributed by atoms with van der Waals surface area (Å²) in [6.07, 6.45) is 10.9. The molecule has 2 atom stereocenters. The Morgan fingerprint density at radius 1 is 0.885 bits per heavy atom. The number of piperidine rings is 2. The zero-order valence-electron chi connectivity index (χ0n) is 35.2. The number of carbonyl (C=O) groups excluding carboxylic acids is 5. The molecule has 3 fully saturated rings. The summed E-state index contributed by atoms with van der Waals surface area (Å²) in [4.78, 5) is 72.4. The average Bonchev–Trinajstić information content (AvgIpc) is 3.96. The number of aromatic amines is 1. The molecule has 4 aliphatic heterocycles. The van der Waals surface area contributed by atoms with E-state index in [1.807, 2.05) is 23.0 Å². The Morgan fingerprint density at radius 2 is 1.62 bits per heavy atom. The van der Waals surface area contributed by atoms with Crippen molar-refractivity contribution in [3.8, 4) is 0 Å². The van der Waals surface area contributed by atoms with Gasteiger partial charge >= 0.3 is 0 Å². The van der Waals surface area contributed by atoms with Gasteiger partial charge < -0.3 is 20.0 Å². The zero-order chi connectivity index (χ0) is 42.3. The molecular formula is C46H56N10O5. The van der Waals surface area contributed by atoms with Gasteiger partial charge in [0.25, 0.3) is 17.7 Å². The number of anilines is 2. The number of imide groups is 2. The number of nitrogens with one attached hydrogen (secondary N) is 3. The Morgan fingerprint density at radius 3 is 2.38 bits per heavy atom. The minimum atomic E-state index is -0.961. The summed E-state index contributed by atoms with van der Waals surface area (Å²) in [7, 11) is 0. The number of hydrogen-bond donors (Lipinski definition) is 3. The molecule has 15 nitrogen and oxygen atoms in total. The van der Waals surface area contributed by atoms with E-state index in [1.54, 1.807) is 18.3 Å². The molecule has 0 spiro atoms. The van der Waals surface area contributed by atoms with Crippen LogP contribution in [0.4, 0.5) is 11.4 Å². The Kier molecular flexibility index (Phi) is 11.4. The lowest BCUT2D eigenvalue weighted by atomic mass is 9.76. The molecule has 9 rings (SSSR count). The topological polar surface area (TPSA) is 169 Å². The first-order chi connectivity index (χ1) is 29.5. The van der Waals surface area contributed by atoms with Crippen LogP contribution in [0.15, 0.2) is 60.9 Å². The SMILES string of the molecule is CC1(C)CCc2c(C(=O)Nc3cnn(C(CCN4CCN(CCC5CCN(c6ccc7c(c6)C(=O)N(C6CCC(=O)NC6=O)C7=O)CC5)CC4)c4ccccc4)c3)n[nH]c2C1. The van der Waals surface area contributed by atoms with E-state index in [1.165, 1.54) is 5.56 Å². The fourth-order valence-electron chi connectivity index (χ4n) is 9.97. The number of rotatable bonds is 12. The van der Waals surface area contributed by atoms with Gasteiger partial charge in [0.1, 0.15) is 6.04 Å². The number of hydrogen-bond acceptors (Lipinski definition) is 10. The molecule has 0 saturated carbocycles. The van der Waals surface area contributed by atoms with E-state index in [2.05, 4.69) is 73.6 Å². The molecule has 0 bridgehead atoms. The third-order valence-corrected chi connectivity index (χ3v) is 13.7. The van der Waals surface area contributed by atoms with Gasteiger partial charge in [-0.05, 0) is 93.0 Å². The molecule has 6 heterocycles. The van der Waals surface area contributed by atoms with Gasteiger partial charge in [-0.1, -0.05) is 44.2 Å². The van der Waals surface area contributed by atoms with Crippen LogP contribution in [0.3, 0.4) is 0 Å². The fraction of sp³-hybridized carbons (Fsp3) is 0.500. The molecule has 0 radical (unpaired) electrons. The highest BCUT2D eigenvalue weighted by atomic mass is 16.2. The highest BCUT2D eigenvalue weighted by Crippen LogP contribution is 2.36. The Hall–Kier alpha value is -5.67. The average molecular weight is 829 g/mol. The van der Waals surface area contributed by atoms with Crippen molar-refractivity contribution in [2.24, 2.45) is 11.3 Å². The first kappa shape index (κ1) is 40.7. The number of benzene rings is 2. The maximum absolute atomic E-state index is 13.4. The third-order valence-electron chi connectivity index (χ3n) is 13.7. The Balaban J connectivity index is 0.729. The second-order valence-corrected chi connectivity index (χ2v) is 18.3. The number of H-pyrrole nitrogens is 1. The number of fused-ring (bicyclic) bond motifs is 2. The number of amides is 5. The molecule has 320 valence electrons. The Labute approximate surface area is 356 Å². The summed E-state index contributed by atoms with van der Waals surface area (Å²) in [5.74, 6) is -1.50. The van der Waals surface area contributed by atoms with Crippen molar-refractivity contribution in [3.63, 3.8) is 0 Å². The van der Waals surface area contributed by atoms with E-state index in [4.69, 9.17) is 5.10 Å². The molecule has 1 aliphatic carbocycles. The van der Waals surface area contributed by atoms with Gasteiger partial charge in [-0.2, -0.15) is 10.2 Å². The summed E-state index contributed by atoms with van der Waals surface area (Å²) in [5.41, 5.74) is 6.19. The van der Waals surface area contributed by atoms with Crippen LogP contribution < -0.4 is 15.5 Å². The molecular weight excluding hydrogens is 773 g/mol. The molecule has 2 aromatic carbocycles. The summed E-state index contributed by atoms with van der Waals surface area (Å²) in [5, 5.41) is 17.6. The number of aromatic nitrogens is 4. The summed E-state index contributed by atoms with van der Waals surface area (Å²) >= 11 is 0. The third kappa shape index (κ3) is 8.63. The van der Waals surface area contributed by atoms with Crippen molar-refractivity contribution in [3.05, 3.63) is 94.6 Å². The van der Waals surface area contributed by atoms with Crippen LogP contribution in [0.2, 0.25) is 0 Å². The van der Waals surface area contributed by atoms with Gasteiger partial charge in [-0.15, -0.1) is 0 Å². The second kappa shape index (κ2) is 17.0. The van der Waals surface area contributed by atoms with E-state index < -0.39 is 23.8 Å². The number of carbonyl (C=O) groups is 5. The van der Waals surface area contributed by atoms with E-state index in [-0.39, 0.29) is 36.1 Å². The van der Waals surface area contributed by atoms with E-state index >= 15 is 0 Å². The quantitative estimate of drug-likeness (QED) is 0.171. The van der Waals surface area contributed by atoms with Gasteiger partial charge in [-0.25, -0.2) is 0 Å². The minimum Gasteiger partial charge on any atom is -0.371 e. The minimum absolute atomic E-state index is 0.0310.